The lowest BCUT2D eigenvalue weighted by molar-refractivity contribution is 0.390. The maximum absolute atomic E-state index is 13.3. The molecule has 3 aromatic heterocycles. The highest BCUT2D eigenvalue weighted by Gasteiger charge is 2.30. The second-order valence-electron chi connectivity index (χ2n) is 21.3. The first-order valence-electron chi connectivity index (χ1n) is 23.2. The molecule has 2 saturated carbocycles. The Balaban J connectivity index is 0.000000174. The Bertz CT molecular complexity index is 2550. The lowest BCUT2D eigenvalue weighted by Crippen LogP contribution is -2.35. The minimum atomic E-state index is -3.36. The van der Waals surface area contributed by atoms with E-state index < -0.39 is 19.7 Å². The van der Waals surface area contributed by atoms with Crippen LogP contribution in [0.4, 0.5) is 5.69 Å². The second kappa shape index (κ2) is 18.0. The minimum Gasteiger partial charge on any atom is -0.371 e. The van der Waals surface area contributed by atoms with Crippen molar-refractivity contribution >= 4 is 47.4 Å². The summed E-state index contributed by atoms with van der Waals surface area (Å²) in [6, 6.07) is 15.2. The standard InChI is InChI=1S/C27H36N4O2S.C22H33N3O2S/c1-27(2,3)17-26-29-24-16-23(6-7-25(24)31(26)18-20-4-5-20)34(32,33)19-21-10-14-30(15-11-21)22-8-12-28-13-9-22;1-22(2,3)13-21-24-19-12-18(6-7-20(19)25(21)14-16-4-5-16)28(26,27)15-17-8-10-23-11-9-17/h6-9,12-13,16,20-21H,4-5,10-11,14-15,17-19H2,1-3H3;6-7,12,16-17,23H,4-5,8-11,13-15H2,1-3H3. The number of aromatic nitrogens is 5. The maximum atomic E-state index is 13.3. The highest BCUT2D eigenvalue weighted by molar-refractivity contribution is 7.91. The molecule has 5 aromatic rings. The van der Waals surface area contributed by atoms with E-state index in [-0.39, 0.29) is 34.2 Å². The van der Waals surface area contributed by atoms with Crippen LogP contribution in [0.3, 0.4) is 0 Å². The van der Waals surface area contributed by atoms with Gasteiger partial charge in [0.2, 0.25) is 0 Å². The van der Waals surface area contributed by atoms with Gasteiger partial charge in [0.15, 0.2) is 19.7 Å². The average molecular weight is 884 g/mol. The van der Waals surface area contributed by atoms with Crippen LogP contribution in [0.5, 0.6) is 0 Å². The number of sulfone groups is 2. The zero-order valence-corrected chi connectivity index (χ0v) is 39.6. The molecule has 0 amide bonds. The van der Waals surface area contributed by atoms with Crippen LogP contribution in [0.1, 0.15) is 105 Å². The van der Waals surface area contributed by atoms with Crippen molar-refractivity contribution in [2.24, 2.45) is 34.5 Å². The fourth-order valence-electron chi connectivity index (χ4n) is 9.22. The average Bonchev–Trinajstić information content (AvgIpc) is 4.15. The summed E-state index contributed by atoms with van der Waals surface area (Å²) in [6.07, 6.45) is 14.2. The first kappa shape index (κ1) is 44.8. The Labute approximate surface area is 370 Å². The Morgan fingerprint density at radius 3 is 1.44 bits per heavy atom. The zero-order chi connectivity index (χ0) is 43.9. The van der Waals surface area contributed by atoms with Gasteiger partial charge < -0.3 is 19.4 Å². The Kier molecular flexibility index (Phi) is 13.0. The first-order chi connectivity index (χ1) is 29.4. The van der Waals surface area contributed by atoms with Crippen molar-refractivity contribution in [3.8, 4) is 0 Å². The summed E-state index contributed by atoms with van der Waals surface area (Å²) in [5.74, 6) is 4.54. The highest BCUT2D eigenvalue weighted by atomic mass is 32.2. The van der Waals surface area contributed by atoms with Crippen LogP contribution in [0.25, 0.3) is 22.1 Å². The van der Waals surface area contributed by atoms with Crippen molar-refractivity contribution in [3.63, 3.8) is 0 Å². The number of imidazole rings is 2. The van der Waals surface area contributed by atoms with Crippen molar-refractivity contribution in [2.75, 3.05) is 42.6 Å². The summed E-state index contributed by atoms with van der Waals surface area (Å²) in [5.41, 5.74) is 5.21. The van der Waals surface area contributed by atoms with Gasteiger partial charge in [-0.2, -0.15) is 0 Å². The van der Waals surface area contributed by atoms with Gasteiger partial charge in [-0.1, -0.05) is 41.5 Å². The van der Waals surface area contributed by atoms with Gasteiger partial charge in [0, 0.05) is 57.1 Å². The molecule has 9 rings (SSSR count). The van der Waals surface area contributed by atoms with Crippen molar-refractivity contribution in [1.82, 2.24) is 29.4 Å². The van der Waals surface area contributed by atoms with Gasteiger partial charge in [0.05, 0.1) is 43.4 Å². The van der Waals surface area contributed by atoms with Crippen LogP contribution in [-0.2, 0) is 45.6 Å². The van der Waals surface area contributed by atoms with Crippen LogP contribution in [-0.4, -0.2) is 78.6 Å². The summed E-state index contributed by atoms with van der Waals surface area (Å²) in [7, 11) is -6.64. The molecule has 0 radical (unpaired) electrons. The molecule has 2 aliphatic carbocycles. The smallest absolute Gasteiger partial charge is 0.178 e. The molecular weight excluding hydrogens is 815 g/mol. The fraction of sp³-hybridized carbons (Fsp3) is 0.612. The van der Waals surface area contributed by atoms with Crippen molar-refractivity contribution in [3.05, 3.63) is 72.6 Å². The van der Waals surface area contributed by atoms with Crippen LogP contribution in [0, 0.1) is 34.5 Å². The number of pyridine rings is 1. The molecule has 0 spiro atoms. The monoisotopic (exact) mass is 883 g/mol. The Hall–Kier alpha value is -3.81. The number of fused-ring (bicyclic) bond motifs is 2. The van der Waals surface area contributed by atoms with Crippen LogP contribution >= 0.6 is 0 Å². The number of nitrogens with one attached hydrogen (secondary N) is 1. The van der Waals surface area contributed by atoms with E-state index in [1.54, 1.807) is 30.6 Å². The van der Waals surface area contributed by atoms with E-state index >= 15 is 0 Å². The lowest BCUT2D eigenvalue weighted by atomic mass is 9.92. The van der Waals surface area contributed by atoms with Crippen LogP contribution in [0.2, 0.25) is 0 Å². The predicted octanol–water partition coefficient (Wildman–Crippen LogP) is 8.93. The zero-order valence-electron chi connectivity index (χ0n) is 37.9. The fourth-order valence-corrected chi connectivity index (χ4v) is 12.6. The highest BCUT2D eigenvalue weighted by Crippen LogP contribution is 2.36. The summed E-state index contributed by atoms with van der Waals surface area (Å²) in [5, 5.41) is 3.30. The summed E-state index contributed by atoms with van der Waals surface area (Å²) < 4.78 is 57.4. The third kappa shape index (κ3) is 11.5. The maximum Gasteiger partial charge on any atom is 0.178 e. The number of anilines is 1. The van der Waals surface area contributed by atoms with Crippen molar-refractivity contribution in [1.29, 1.82) is 0 Å². The van der Waals surface area contributed by atoms with Crippen molar-refractivity contribution < 1.29 is 16.8 Å². The molecule has 2 aromatic carbocycles. The van der Waals surface area contributed by atoms with Crippen LogP contribution < -0.4 is 10.2 Å². The number of nitrogens with zero attached hydrogens (tertiary/aromatic N) is 6. The molecule has 1 N–H and O–H groups in total. The molecule has 11 nitrogen and oxygen atoms in total. The molecule has 13 heteroatoms. The molecule has 62 heavy (non-hydrogen) atoms. The topological polar surface area (TPSA) is 132 Å². The molecule has 0 atom stereocenters. The number of hydrogen-bond acceptors (Lipinski definition) is 9. The van der Waals surface area contributed by atoms with E-state index in [0.29, 0.717) is 9.79 Å². The molecule has 5 heterocycles. The van der Waals surface area contributed by atoms with Gasteiger partial charge in [-0.25, -0.2) is 26.8 Å². The third-order valence-corrected chi connectivity index (χ3v) is 16.7. The number of hydrogen-bond donors (Lipinski definition) is 1. The number of benzene rings is 2. The molecule has 2 aliphatic heterocycles. The largest absolute Gasteiger partial charge is 0.371 e. The van der Waals surface area contributed by atoms with Gasteiger partial charge >= 0.3 is 0 Å². The van der Waals surface area contributed by atoms with E-state index in [2.05, 4.69) is 65.9 Å². The lowest BCUT2D eigenvalue weighted by Gasteiger charge is -2.33. The SMILES string of the molecule is CC(C)(C)Cc1nc2cc(S(=O)(=O)CC3CCN(c4ccncc4)CC3)ccc2n1CC1CC1.CC(C)(C)Cc1nc2cc(S(=O)(=O)CC3CCNCC3)ccc2n1CC1CC1. The van der Waals surface area contributed by atoms with Gasteiger partial charge in [-0.05, 0) is 147 Å². The molecule has 4 fully saturated rings. The Morgan fingerprint density at radius 2 is 1.02 bits per heavy atom. The molecule has 336 valence electrons. The molecular formula is C49H69N7O4S2. The normalized spacial score (nSPS) is 18.6. The van der Waals surface area contributed by atoms with Gasteiger partial charge in [0.25, 0.3) is 0 Å². The van der Waals surface area contributed by atoms with E-state index in [1.165, 1.54) is 25.7 Å². The van der Waals surface area contributed by atoms with E-state index in [9.17, 15) is 16.8 Å². The summed E-state index contributed by atoms with van der Waals surface area (Å²) in [4.78, 5) is 17.1. The number of rotatable bonds is 13. The summed E-state index contributed by atoms with van der Waals surface area (Å²) in [6.45, 7) is 18.9. The Morgan fingerprint density at radius 1 is 0.581 bits per heavy atom. The first-order valence-corrected chi connectivity index (χ1v) is 26.5. The molecule has 4 aliphatic rings. The number of piperidine rings is 2. The quantitative estimate of drug-likeness (QED) is 0.123. The molecule has 0 unspecified atom stereocenters. The van der Waals surface area contributed by atoms with E-state index in [1.807, 2.05) is 30.3 Å². The predicted molar refractivity (Wildman–Crippen MR) is 250 cm³/mol. The van der Waals surface area contributed by atoms with E-state index in [4.69, 9.17) is 9.97 Å². The second-order valence-corrected chi connectivity index (χ2v) is 25.4. The summed E-state index contributed by atoms with van der Waals surface area (Å²) >= 11 is 0. The van der Waals surface area contributed by atoms with Gasteiger partial charge in [0.1, 0.15) is 11.6 Å². The van der Waals surface area contributed by atoms with Crippen LogP contribution in [0.15, 0.2) is 70.7 Å². The minimum absolute atomic E-state index is 0.128. The van der Waals surface area contributed by atoms with Gasteiger partial charge in [-0.15, -0.1) is 0 Å². The van der Waals surface area contributed by atoms with E-state index in [0.717, 1.165) is 129 Å². The van der Waals surface area contributed by atoms with Crippen molar-refractivity contribution in [2.45, 2.75) is 129 Å². The molecule has 0 bridgehead atoms. The molecule has 2 saturated heterocycles. The third-order valence-electron chi connectivity index (χ3n) is 13.0. The van der Waals surface area contributed by atoms with Gasteiger partial charge in [-0.3, -0.25) is 4.98 Å².